The highest BCUT2D eigenvalue weighted by atomic mass is 19.1. The molecule has 2 aromatic carbocycles. The van der Waals surface area contributed by atoms with Gasteiger partial charge in [-0.15, -0.1) is 0 Å². The first-order chi connectivity index (χ1) is 16.6. The summed E-state index contributed by atoms with van der Waals surface area (Å²) < 4.78 is 20.3. The zero-order valence-electron chi connectivity index (χ0n) is 18.7. The number of carbonyl (C=O) groups excluding carboxylic acids is 1. The average Bonchev–Trinajstić information content (AvgIpc) is 3.35. The van der Waals surface area contributed by atoms with E-state index in [2.05, 4.69) is 9.97 Å². The molecule has 0 N–H and O–H groups in total. The molecule has 0 bridgehead atoms. The van der Waals surface area contributed by atoms with E-state index in [0.717, 1.165) is 29.7 Å². The van der Waals surface area contributed by atoms with Crippen molar-refractivity contribution >= 4 is 6.09 Å². The van der Waals surface area contributed by atoms with Gasteiger partial charge < -0.3 is 9.64 Å². The highest BCUT2D eigenvalue weighted by molar-refractivity contribution is 5.68. The highest BCUT2D eigenvalue weighted by Gasteiger charge is 2.35. The Labute approximate surface area is 196 Å². The lowest BCUT2D eigenvalue weighted by molar-refractivity contribution is 0.0826. The van der Waals surface area contributed by atoms with Crippen LogP contribution in [0.15, 0.2) is 79.1 Å². The number of benzene rings is 2. The molecular weight excluding hydrogens is 433 g/mol. The molecule has 1 aliphatic rings. The number of piperidine rings is 1. The normalized spacial score (nSPS) is 18.0. The van der Waals surface area contributed by atoms with Gasteiger partial charge in [0.25, 0.3) is 5.95 Å². The molecule has 1 saturated heterocycles. The average molecular weight is 458 g/mol. The van der Waals surface area contributed by atoms with Gasteiger partial charge in [0, 0.05) is 30.4 Å². The Hall–Kier alpha value is -4.07. The van der Waals surface area contributed by atoms with Crippen molar-refractivity contribution in [1.82, 2.24) is 24.6 Å². The minimum absolute atomic E-state index is 0.00966. The third-order valence-corrected chi connectivity index (χ3v) is 6.21. The van der Waals surface area contributed by atoms with Gasteiger partial charge in [-0.05, 0) is 54.8 Å². The van der Waals surface area contributed by atoms with Crippen LogP contribution in [-0.2, 0) is 4.74 Å². The van der Waals surface area contributed by atoms with Gasteiger partial charge in [0.05, 0.1) is 24.5 Å². The molecule has 8 heteroatoms. The molecule has 0 aliphatic carbocycles. The zero-order chi connectivity index (χ0) is 23.5. The number of ether oxygens (including phenoxy) is 1. The van der Waals surface area contributed by atoms with Crippen LogP contribution in [0.4, 0.5) is 9.18 Å². The maximum Gasteiger partial charge on any atom is 0.410 e. The Morgan fingerprint density at radius 2 is 1.74 bits per heavy atom. The second kappa shape index (κ2) is 9.43. The molecule has 4 aromatic rings. The Balaban J connectivity index is 1.53. The number of amides is 1. The second-order valence-corrected chi connectivity index (χ2v) is 8.25. The highest BCUT2D eigenvalue weighted by Crippen LogP contribution is 2.39. The topological polar surface area (TPSA) is 73.1 Å². The lowest BCUT2D eigenvalue weighted by Gasteiger charge is -2.39. The summed E-state index contributed by atoms with van der Waals surface area (Å²) in [7, 11) is 1.41. The minimum Gasteiger partial charge on any atom is -0.453 e. The van der Waals surface area contributed by atoms with E-state index in [1.165, 1.54) is 19.2 Å². The number of halogens is 1. The van der Waals surface area contributed by atoms with Crippen molar-refractivity contribution in [2.45, 2.75) is 24.8 Å². The standard InChI is InChI=1S/C26H24FN5O2/c1-34-26(33)31-17-20(10-13-23(31)19-6-3-2-4-7-19)24-16-22(18-8-11-21(27)12-9-18)30-32(24)25-28-14-5-15-29-25/h2-9,11-12,14-16,20,23H,10,13,17H2,1H3/t20-,23?/m0/s1. The molecule has 2 atom stereocenters. The number of likely N-dealkylation sites (tertiary alicyclic amines) is 1. The molecule has 5 rings (SSSR count). The molecule has 1 amide bonds. The maximum absolute atomic E-state index is 13.5. The maximum atomic E-state index is 13.5. The largest absolute Gasteiger partial charge is 0.453 e. The van der Waals surface area contributed by atoms with Gasteiger partial charge >= 0.3 is 6.09 Å². The molecule has 34 heavy (non-hydrogen) atoms. The summed E-state index contributed by atoms with van der Waals surface area (Å²) in [5, 5.41) is 4.76. The lowest BCUT2D eigenvalue weighted by Crippen LogP contribution is -2.41. The van der Waals surface area contributed by atoms with Crippen molar-refractivity contribution in [3.8, 4) is 17.2 Å². The van der Waals surface area contributed by atoms with Crippen LogP contribution in [0.5, 0.6) is 0 Å². The third kappa shape index (κ3) is 4.26. The van der Waals surface area contributed by atoms with Crippen molar-refractivity contribution < 1.29 is 13.9 Å². The fourth-order valence-electron chi connectivity index (χ4n) is 4.56. The quantitative estimate of drug-likeness (QED) is 0.424. The summed E-state index contributed by atoms with van der Waals surface area (Å²) in [6.07, 6.45) is 4.58. The van der Waals surface area contributed by atoms with E-state index in [1.54, 1.807) is 40.2 Å². The summed E-state index contributed by atoms with van der Waals surface area (Å²) in [6.45, 7) is 0.466. The van der Waals surface area contributed by atoms with E-state index < -0.39 is 0 Å². The van der Waals surface area contributed by atoms with Gasteiger partial charge in [0.1, 0.15) is 5.82 Å². The van der Waals surface area contributed by atoms with Crippen molar-refractivity contribution in [3.05, 3.63) is 96.2 Å². The van der Waals surface area contributed by atoms with Gasteiger partial charge in [0.2, 0.25) is 0 Å². The van der Waals surface area contributed by atoms with Crippen LogP contribution >= 0.6 is 0 Å². The van der Waals surface area contributed by atoms with Crippen LogP contribution in [0.1, 0.15) is 36.1 Å². The number of carbonyl (C=O) groups is 1. The zero-order valence-corrected chi connectivity index (χ0v) is 18.7. The van der Waals surface area contributed by atoms with Gasteiger partial charge in [-0.25, -0.2) is 23.8 Å². The third-order valence-electron chi connectivity index (χ3n) is 6.21. The minimum atomic E-state index is -0.362. The molecule has 1 unspecified atom stereocenters. The summed E-state index contributed by atoms with van der Waals surface area (Å²) in [5.74, 6) is 0.132. The molecule has 172 valence electrons. The van der Waals surface area contributed by atoms with Gasteiger partial charge in [-0.2, -0.15) is 5.10 Å². The fraction of sp³-hybridized carbons (Fsp3) is 0.231. The molecule has 7 nitrogen and oxygen atoms in total. The summed E-state index contributed by atoms with van der Waals surface area (Å²) in [4.78, 5) is 23.3. The van der Waals surface area contributed by atoms with Crippen molar-refractivity contribution in [1.29, 1.82) is 0 Å². The molecule has 0 spiro atoms. The molecule has 2 aromatic heterocycles. The molecular formula is C26H24FN5O2. The number of hydrogen-bond donors (Lipinski definition) is 0. The molecule has 0 saturated carbocycles. The molecule has 1 fully saturated rings. The van der Waals surface area contributed by atoms with E-state index in [9.17, 15) is 9.18 Å². The first kappa shape index (κ1) is 21.8. The summed E-state index contributed by atoms with van der Waals surface area (Å²) >= 11 is 0. The monoisotopic (exact) mass is 457 g/mol. The Kier molecular flexibility index (Phi) is 6.03. The van der Waals surface area contributed by atoms with Gasteiger partial charge in [0.15, 0.2) is 0 Å². The van der Waals surface area contributed by atoms with Crippen LogP contribution in [0, 0.1) is 5.82 Å². The molecule has 3 heterocycles. The van der Waals surface area contributed by atoms with E-state index in [-0.39, 0.29) is 23.9 Å². The lowest BCUT2D eigenvalue weighted by atomic mass is 9.87. The van der Waals surface area contributed by atoms with E-state index in [0.29, 0.717) is 18.2 Å². The molecule has 1 aliphatic heterocycles. The van der Waals surface area contributed by atoms with Gasteiger partial charge in [-0.1, -0.05) is 30.3 Å². The van der Waals surface area contributed by atoms with Crippen molar-refractivity contribution in [2.24, 2.45) is 0 Å². The Bertz CT molecular complexity index is 1260. The number of aromatic nitrogens is 4. The first-order valence-corrected chi connectivity index (χ1v) is 11.2. The smallest absolute Gasteiger partial charge is 0.410 e. The van der Waals surface area contributed by atoms with Crippen LogP contribution in [0.3, 0.4) is 0 Å². The SMILES string of the molecule is COC(=O)N1C[C@@H](c2cc(-c3ccc(F)cc3)nn2-c2ncccn2)CCC1c1ccccc1. The first-order valence-electron chi connectivity index (χ1n) is 11.2. The van der Waals surface area contributed by atoms with Crippen LogP contribution in [-0.4, -0.2) is 44.4 Å². The Morgan fingerprint density at radius 1 is 1.00 bits per heavy atom. The summed E-state index contributed by atoms with van der Waals surface area (Å²) in [6, 6.07) is 19.9. The molecule has 0 radical (unpaired) electrons. The van der Waals surface area contributed by atoms with E-state index in [4.69, 9.17) is 9.84 Å². The van der Waals surface area contributed by atoms with Crippen LogP contribution < -0.4 is 0 Å². The predicted octanol–water partition coefficient (Wildman–Crippen LogP) is 5.16. The summed E-state index contributed by atoms with van der Waals surface area (Å²) in [5.41, 5.74) is 3.46. The van der Waals surface area contributed by atoms with E-state index >= 15 is 0 Å². The number of methoxy groups -OCH3 is 1. The van der Waals surface area contributed by atoms with Crippen LogP contribution in [0.2, 0.25) is 0 Å². The van der Waals surface area contributed by atoms with Crippen LogP contribution in [0.25, 0.3) is 17.2 Å². The Morgan fingerprint density at radius 3 is 2.44 bits per heavy atom. The number of hydrogen-bond acceptors (Lipinski definition) is 5. The number of rotatable bonds is 4. The van der Waals surface area contributed by atoms with Gasteiger partial charge in [-0.3, -0.25) is 0 Å². The predicted molar refractivity (Wildman–Crippen MR) is 125 cm³/mol. The van der Waals surface area contributed by atoms with Crippen molar-refractivity contribution in [3.63, 3.8) is 0 Å². The van der Waals surface area contributed by atoms with Crippen molar-refractivity contribution in [2.75, 3.05) is 13.7 Å². The fourth-order valence-corrected chi connectivity index (χ4v) is 4.56. The number of nitrogens with zero attached hydrogens (tertiary/aromatic N) is 5. The van der Waals surface area contributed by atoms with E-state index in [1.807, 2.05) is 36.4 Å². The second-order valence-electron chi connectivity index (χ2n) is 8.25.